The molecule has 2 N–H and O–H groups in total. The van der Waals surface area contributed by atoms with Crippen LogP contribution in [-0.4, -0.2) is 49.2 Å². The molecule has 7 nitrogen and oxygen atoms in total. The van der Waals surface area contributed by atoms with E-state index in [0.29, 0.717) is 36.4 Å². The van der Waals surface area contributed by atoms with Gasteiger partial charge >= 0.3 is 0 Å². The minimum Gasteiger partial charge on any atom is -0.496 e. The van der Waals surface area contributed by atoms with Crippen LogP contribution in [0.25, 0.3) is 0 Å². The molecule has 36 heavy (non-hydrogen) atoms. The summed E-state index contributed by atoms with van der Waals surface area (Å²) in [6, 6.07) is 21.8. The minimum atomic E-state index is -0.615. The summed E-state index contributed by atoms with van der Waals surface area (Å²) < 4.78 is 10.7. The van der Waals surface area contributed by atoms with Gasteiger partial charge in [0.2, 0.25) is 5.91 Å². The van der Waals surface area contributed by atoms with E-state index in [2.05, 4.69) is 5.32 Å². The highest BCUT2D eigenvalue weighted by Gasteiger charge is 2.44. The fourth-order valence-corrected chi connectivity index (χ4v) is 4.80. The number of hydrogen-bond donors (Lipinski definition) is 2. The first-order valence-corrected chi connectivity index (χ1v) is 12.1. The number of carbonyl (C=O) groups excluding carboxylic acids is 2. The second-order valence-electron chi connectivity index (χ2n) is 8.79. The fraction of sp³-hybridized carbons (Fsp3) is 0.310. The number of carbonyl (C=O) groups is 2. The second-order valence-corrected chi connectivity index (χ2v) is 8.79. The lowest BCUT2D eigenvalue weighted by atomic mass is 9.78. The number of methoxy groups -OCH3 is 2. The molecule has 3 aromatic rings. The maximum Gasteiger partial charge on any atom is 0.255 e. The number of para-hydroxylation sites is 1. The Morgan fingerprint density at radius 1 is 1.00 bits per heavy atom. The average Bonchev–Trinajstić information content (AvgIpc) is 2.92. The van der Waals surface area contributed by atoms with Gasteiger partial charge in [-0.2, -0.15) is 0 Å². The number of ether oxygens (including phenoxy) is 2. The Labute approximate surface area is 211 Å². The summed E-state index contributed by atoms with van der Waals surface area (Å²) in [6.45, 7) is 1.21. The summed E-state index contributed by atoms with van der Waals surface area (Å²) in [5.74, 6) is -0.223. The number of amides is 2. The third-order valence-corrected chi connectivity index (χ3v) is 6.58. The lowest BCUT2D eigenvalue weighted by molar-refractivity contribution is -0.124. The SMILES string of the molecule is COCCCNC(=O)[C@@H]1c2ccccc2C(=O)N(Cc2ccccc2OC)[C@H]1c1ccc(CO)cc1. The van der Waals surface area contributed by atoms with Crippen LogP contribution < -0.4 is 10.1 Å². The van der Waals surface area contributed by atoms with Crippen molar-refractivity contribution < 1.29 is 24.2 Å². The Bertz CT molecular complexity index is 1190. The number of nitrogens with one attached hydrogen (secondary N) is 1. The molecule has 1 heterocycles. The van der Waals surface area contributed by atoms with Crippen molar-refractivity contribution in [3.05, 3.63) is 101 Å². The van der Waals surface area contributed by atoms with E-state index in [1.54, 1.807) is 25.2 Å². The van der Waals surface area contributed by atoms with Crippen molar-refractivity contribution in [1.82, 2.24) is 10.2 Å². The van der Waals surface area contributed by atoms with Crippen LogP contribution in [0.15, 0.2) is 72.8 Å². The smallest absolute Gasteiger partial charge is 0.255 e. The minimum absolute atomic E-state index is 0.0823. The molecule has 0 unspecified atom stereocenters. The molecule has 0 radical (unpaired) electrons. The van der Waals surface area contributed by atoms with Crippen LogP contribution in [0.5, 0.6) is 5.75 Å². The van der Waals surface area contributed by atoms with Crippen molar-refractivity contribution in [3.63, 3.8) is 0 Å². The van der Waals surface area contributed by atoms with E-state index in [0.717, 1.165) is 16.7 Å². The maximum atomic E-state index is 13.9. The summed E-state index contributed by atoms with van der Waals surface area (Å²) >= 11 is 0. The van der Waals surface area contributed by atoms with Gasteiger partial charge in [-0.15, -0.1) is 0 Å². The topological polar surface area (TPSA) is 88.1 Å². The van der Waals surface area contributed by atoms with Gasteiger partial charge in [0, 0.05) is 31.4 Å². The van der Waals surface area contributed by atoms with Crippen LogP contribution in [0.3, 0.4) is 0 Å². The molecule has 2 amide bonds. The number of fused-ring (bicyclic) bond motifs is 1. The first-order valence-electron chi connectivity index (χ1n) is 12.1. The van der Waals surface area contributed by atoms with Gasteiger partial charge in [-0.05, 0) is 35.2 Å². The maximum absolute atomic E-state index is 13.9. The van der Waals surface area contributed by atoms with E-state index >= 15 is 0 Å². The highest BCUT2D eigenvalue weighted by atomic mass is 16.5. The summed E-state index contributed by atoms with van der Waals surface area (Å²) in [5, 5.41) is 12.6. The molecule has 0 aliphatic carbocycles. The number of aliphatic hydroxyl groups excluding tert-OH is 1. The third-order valence-electron chi connectivity index (χ3n) is 6.58. The van der Waals surface area contributed by atoms with E-state index < -0.39 is 12.0 Å². The molecule has 188 valence electrons. The van der Waals surface area contributed by atoms with Gasteiger partial charge < -0.3 is 24.8 Å². The molecule has 2 atom stereocenters. The molecule has 0 saturated heterocycles. The van der Waals surface area contributed by atoms with E-state index in [1.807, 2.05) is 66.7 Å². The third kappa shape index (κ3) is 5.27. The molecular formula is C29H32N2O5. The highest BCUT2D eigenvalue weighted by Crippen LogP contribution is 2.44. The van der Waals surface area contributed by atoms with Crippen LogP contribution in [-0.2, 0) is 22.7 Å². The van der Waals surface area contributed by atoms with E-state index in [1.165, 1.54) is 0 Å². The van der Waals surface area contributed by atoms with Gasteiger partial charge in [-0.1, -0.05) is 60.7 Å². The summed E-state index contributed by atoms with van der Waals surface area (Å²) in [5.41, 5.74) is 3.66. The zero-order valence-electron chi connectivity index (χ0n) is 20.6. The van der Waals surface area contributed by atoms with E-state index in [9.17, 15) is 14.7 Å². The van der Waals surface area contributed by atoms with Crippen LogP contribution in [0.2, 0.25) is 0 Å². The lowest BCUT2D eigenvalue weighted by Gasteiger charge is -2.42. The molecule has 0 fully saturated rings. The van der Waals surface area contributed by atoms with Crippen LogP contribution in [0, 0.1) is 0 Å². The molecule has 0 spiro atoms. The molecule has 4 rings (SSSR count). The van der Waals surface area contributed by atoms with Crippen molar-refractivity contribution in [3.8, 4) is 5.75 Å². The second kappa shape index (κ2) is 11.8. The van der Waals surface area contributed by atoms with Gasteiger partial charge in [-0.3, -0.25) is 9.59 Å². The van der Waals surface area contributed by atoms with Gasteiger partial charge in [0.15, 0.2) is 0 Å². The van der Waals surface area contributed by atoms with Crippen molar-refractivity contribution in [1.29, 1.82) is 0 Å². The van der Waals surface area contributed by atoms with Gasteiger partial charge in [-0.25, -0.2) is 0 Å². The van der Waals surface area contributed by atoms with Crippen LogP contribution in [0.1, 0.15) is 51.0 Å². The van der Waals surface area contributed by atoms with Crippen molar-refractivity contribution >= 4 is 11.8 Å². The Balaban J connectivity index is 1.81. The van der Waals surface area contributed by atoms with Crippen LogP contribution >= 0.6 is 0 Å². The number of benzene rings is 3. The standard InChI is InChI=1S/C29H32N2O5/c1-35-17-7-16-30-28(33)26-23-9-4-5-10-24(23)29(34)31(18-22-8-3-6-11-25(22)36-2)27(26)21-14-12-20(19-32)13-15-21/h3-6,8-15,26-27,32H,7,16-19H2,1-2H3,(H,30,33)/t26-,27+/m1/s1. The van der Waals surface area contributed by atoms with E-state index in [4.69, 9.17) is 9.47 Å². The largest absolute Gasteiger partial charge is 0.496 e. The molecule has 0 bridgehead atoms. The molecule has 0 saturated carbocycles. The highest BCUT2D eigenvalue weighted by molar-refractivity contribution is 6.01. The van der Waals surface area contributed by atoms with E-state index in [-0.39, 0.29) is 25.0 Å². The van der Waals surface area contributed by atoms with Gasteiger partial charge in [0.25, 0.3) is 5.91 Å². The predicted molar refractivity (Wildman–Crippen MR) is 137 cm³/mol. The molecule has 7 heteroatoms. The first-order chi connectivity index (χ1) is 17.6. The molecule has 1 aliphatic rings. The molecular weight excluding hydrogens is 456 g/mol. The Morgan fingerprint density at radius 2 is 1.72 bits per heavy atom. The Morgan fingerprint density at radius 3 is 2.44 bits per heavy atom. The fourth-order valence-electron chi connectivity index (χ4n) is 4.80. The molecule has 3 aromatic carbocycles. The number of aliphatic hydroxyl groups is 1. The number of hydrogen-bond acceptors (Lipinski definition) is 5. The zero-order valence-corrected chi connectivity index (χ0v) is 20.6. The van der Waals surface area contributed by atoms with Crippen molar-refractivity contribution in [2.75, 3.05) is 27.4 Å². The monoisotopic (exact) mass is 488 g/mol. The predicted octanol–water partition coefficient (Wildman–Crippen LogP) is 3.82. The zero-order chi connectivity index (χ0) is 25.5. The number of rotatable bonds is 10. The number of nitrogens with zero attached hydrogens (tertiary/aromatic N) is 1. The van der Waals surface area contributed by atoms with Crippen molar-refractivity contribution in [2.45, 2.75) is 31.5 Å². The van der Waals surface area contributed by atoms with Crippen molar-refractivity contribution in [2.24, 2.45) is 0 Å². The quantitative estimate of drug-likeness (QED) is 0.424. The van der Waals surface area contributed by atoms with Gasteiger partial charge in [0.1, 0.15) is 5.75 Å². The first kappa shape index (κ1) is 25.4. The lowest BCUT2D eigenvalue weighted by Crippen LogP contribution is -2.47. The summed E-state index contributed by atoms with van der Waals surface area (Å²) in [4.78, 5) is 29.4. The van der Waals surface area contributed by atoms with Crippen LogP contribution in [0.4, 0.5) is 0 Å². The summed E-state index contributed by atoms with van der Waals surface area (Å²) in [7, 11) is 3.24. The Kier molecular flexibility index (Phi) is 8.36. The Hall–Kier alpha value is -3.68. The average molecular weight is 489 g/mol. The normalized spacial score (nSPS) is 17.0. The molecule has 0 aromatic heterocycles. The molecule has 1 aliphatic heterocycles. The summed E-state index contributed by atoms with van der Waals surface area (Å²) in [6.07, 6.45) is 0.691. The van der Waals surface area contributed by atoms with Gasteiger partial charge in [0.05, 0.1) is 32.2 Å².